The number of anilines is 1. The largest absolute Gasteiger partial charge is 0.319 e. The number of hydrogen-bond acceptors (Lipinski definition) is 4. The predicted molar refractivity (Wildman–Crippen MR) is 158 cm³/mol. The molecule has 0 saturated heterocycles. The molecule has 40 heavy (non-hydrogen) atoms. The van der Waals surface area contributed by atoms with Crippen molar-refractivity contribution in [3.8, 4) is 16.8 Å². The molecular weight excluding hydrogens is 500 g/mol. The van der Waals surface area contributed by atoms with Gasteiger partial charge in [-0.3, -0.25) is 19.1 Å². The van der Waals surface area contributed by atoms with Gasteiger partial charge in [-0.15, -0.1) is 0 Å². The smallest absolute Gasteiger partial charge is 0.291 e. The van der Waals surface area contributed by atoms with Crippen LogP contribution >= 0.6 is 0 Å². The monoisotopic (exact) mass is 530 g/mol. The summed E-state index contributed by atoms with van der Waals surface area (Å²) in [4.78, 5) is 39.4. The fourth-order valence-corrected chi connectivity index (χ4v) is 4.50. The van der Waals surface area contributed by atoms with Gasteiger partial charge in [0.1, 0.15) is 5.69 Å². The third kappa shape index (κ3) is 5.70. The second-order valence-electron chi connectivity index (χ2n) is 9.56. The lowest BCUT2D eigenvalue weighted by molar-refractivity contribution is -0.117. The molecule has 0 aliphatic heterocycles. The van der Waals surface area contributed by atoms with Gasteiger partial charge in [-0.25, -0.2) is 4.68 Å². The third-order valence-electron chi connectivity index (χ3n) is 6.84. The highest BCUT2D eigenvalue weighted by Crippen LogP contribution is 2.23. The van der Waals surface area contributed by atoms with E-state index in [1.165, 1.54) is 0 Å². The van der Waals surface area contributed by atoms with E-state index in [4.69, 9.17) is 0 Å². The zero-order valence-corrected chi connectivity index (χ0v) is 22.4. The van der Waals surface area contributed by atoms with Crippen molar-refractivity contribution in [3.05, 3.63) is 142 Å². The van der Waals surface area contributed by atoms with Gasteiger partial charge in [0.15, 0.2) is 5.78 Å². The number of carbonyl (C=O) groups is 2. The summed E-state index contributed by atoms with van der Waals surface area (Å²) in [6.07, 6.45) is 1.64. The highest BCUT2D eigenvalue weighted by Gasteiger charge is 2.19. The van der Waals surface area contributed by atoms with E-state index in [0.29, 0.717) is 11.1 Å². The number of benzene rings is 4. The number of carbonyl (C=O) groups excluding carboxylic acids is 2. The second-order valence-corrected chi connectivity index (χ2v) is 9.56. The number of aromatic nitrogens is 2. The predicted octanol–water partition coefficient (Wildman–Crippen LogP) is 5.13. The Kier molecular flexibility index (Phi) is 7.84. The minimum absolute atomic E-state index is 0.0882. The van der Waals surface area contributed by atoms with E-state index in [-0.39, 0.29) is 29.5 Å². The van der Waals surface area contributed by atoms with Crippen LogP contribution in [0.5, 0.6) is 0 Å². The second kappa shape index (κ2) is 11.8. The summed E-state index contributed by atoms with van der Waals surface area (Å²) < 4.78 is 3.32. The fraction of sp³-hybridized carbons (Fsp3) is 0.121. The zero-order chi connectivity index (χ0) is 28.1. The Morgan fingerprint density at radius 2 is 1.43 bits per heavy atom. The molecule has 1 amide bonds. The van der Waals surface area contributed by atoms with Crippen LogP contribution in [0.4, 0.5) is 5.69 Å². The lowest BCUT2D eigenvalue weighted by atomic mass is 10.0. The van der Waals surface area contributed by atoms with Crippen molar-refractivity contribution in [2.24, 2.45) is 0 Å². The maximum absolute atomic E-state index is 13.6. The van der Waals surface area contributed by atoms with Crippen molar-refractivity contribution < 1.29 is 9.59 Å². The van der Waals surface area contributed by atoms with Gasteiger partial charge < -0.3 is 10.6 Å². The van der Waals surface area contributed by atoms with Crippen molar-refractivity contribution >= 4 is 17.4 Å². The lowest BCUT2D eigenvalue weighted by Gasteiger charge is -2.14. The Labute approximate surface area is 232 Å². The standard InChI is InChI=1S/C33H30N4O3/c1-23(34-2)32(39)35-30-22-36(29-18-10-16-27(20-29)25-12-5-3-6-13-25)37(33(30)40)21-24-11-9-17-28(19-24)31(38)26-14-7-4-8-15-26/h3-20,22-23,34H,21H2,1-2H3,(H,35,39)/t23-/m0/s1. The minimum Gasteiger partial charge on any atom is -0.319 e. The fourth-order valence-electron chi connectivity index (χ4n) is 4.50. The molecule has 5 rings (SSSR count). The van der Waals surface area contributed by atoms with Crippen molar-refractivity contribution in [2.45, 2.75) is 19.5 Å². The van der Waals surface area contributed by atoms with Crippen molar-refractivity contribution in [1.29, 1.82) is 0 Å². The molecular formula is C33H30N4O3. The van der Waals surface area contributed by atoms with Crippen molar-refractivity contribution in [1.82, 2.24) is 14.7 Å². The molecule has 0 unspecified atom stereocenters. The van der Waals surface area contributed by atoms with Gasteiger partial charge in [0.25, 0.3) is 5.56 Å². The quantitative estimate of drug-likeness (QED) is 0.259. The molecule has 0 bridgehead atoms. The molecule has 0 saturated carbocycles. The normalized spacial score (nSPS) is 11.7. The van der Waals surface area contributed by atoms with Gasteiger partial charge in [-0.2, -0.15) is 0 Å². The van der Waals surface area contributed by atoms with Gasteiger partial charge in [-0.1, -0.05) is 91.0 Å². The van der Waals surface area contributed by atoms with E-state index in [2.05, 4.69) is 10.6 Å². The average Bonchev–Trinajstić information content (AvgIpc) is 3.31. The van der Waals surface area contributed by atoms with E-state index < -0.39 is 6.04 Å². The number of amides is 1. The molecule has 0 spiro atoms. The number of hydrogen-bond donors (Lipinski definition) is 2. The van der Waals surface area contributed by atoms with E-state index in [9.17, 15) is 14.4 Å². The Morgan fingerprint density at radius 1 is 0.775 bits per heavy atom. The molecule has 1 atom stereocenters. The van der Waals surface area contributed by atoms with E-state index in [1.807, 2.05) is 84.9 Å². The highest BCUT2D eigenvalue weighted by molar-refractivity contribution is 6.09. The molecule has 1 heterocycles. The third-order valence-corrected chi connectivity index (χ3v) is 6.84. The molecule has 7 heteroatoms. The Balaban J connectivity index is 1.55. The van der Waals surface area contributed by atoms with Gasteiger partial charge in [0.05, 0.1) is 24.5 Å². The van der Waals surface area contributed by atoms with Crippen LogP contribution in [0.2, 0.25) is 0 Å². The first kappa shape index (κ1) is 26.6. The van der Waals surface area contributed by atoms with E-state index >= 15 is 0 Å². The van der Waals surface area contributed by atoms with Crippen LogP contribution in [0, 0.1) is 0 Å². The van der Waals surface area contributed by atoms with Crippen LogP contribution in [-0.4, -0.2) is 34.1 Å². The zero-order valence-electron chi connectivity index (χ0n) is 22.4. The molecule has 1 aromatic heterocycles. The molecule has 7 nitrogen and oxygen atoms in total. The van der Waals surface area contributed by atoms with Crippen LogP contribution in [-0.2, 0) is 11.3 Å². The lowest BCUT2D eigenvalue weighted by Crippen LogP contribution is -2.36. The number of likely N-dealkylation sites (N-methyl/N-ethyl adjacent to an activating group) is 1. The maximum Gasteiger partial charge on any atom is 0.291 e. The Hall–Kier alpha value is -5.01. The van der Waals surface area contributed by atoms with E-state index in [0.717, 1.165) is 22.4 Å². The number of ketones is 1. The van der Waals surface area contributed by atoms with Crippen LogP contribution in [0.3, 0.4) is 0 Å². The van der Waals surface area contributed by atoms with Gasteiger partial charge in [0, 0.05) is 11.1 Å². The first-order chi connectivity index (χ1) is 19.4. The maximum atomic E-state index is 13.6. The van der Waals surface area contributed by atoms with Crippen LogP contribution in [0.25, 0.3) is 16.8 Å². The van der Waals surface area contributed by atoms with Crippen molar-refractivity contribution in [3.63, 3.8) is 0 Å². The van der Waals surface area contributed by atoms with Crippen LogP contribution in [0.1, 0.15) is 28.4 Å². The molecule has 0 aliphatic carbocycles. The minimum atomic E-state index is -0.474. The van der Waals surface area contributed by atoms with Gasteiger partial charge >= 0.3 is 0 Å². The molecule has 0 aliphatic rings. The molecule has 4 aromatic carbocycles. The molecule has 0 fully saturated rings. The summed E-state index contributed by atoms with van der Waals surface area (Å²) in [7, 11) is 1.69. The Bertz CT molecular complexity index is 1710. The first-order valence-corrected chi connectivity index (χ1v) is 13.1. The number of rotatable bonds is 9. The SMILES string of the molecule is CN[C@@H](C)C(=O)Nc1cn(-c2cccc(-c3ccccc3)c2)n(Cc2cccc(C(=O)c3ccccc3)c2)c1=O. The van der Waals surface area contributed by atoms with Crippen LogP contribution < -0.4 is 16.2 Å². The summed E-state index contributed by atoms with van der Waals surface area (Å²) in [5.74, 6) is -0.396. The summed E-state index contributed by atoms with van der Waals surface area (Å²) in [6.45, 7) is 1.92. The summed E-state index contributed by atoms with van der Waals surface area (Å²) in [5, 5.41) is 5.66. The van der Waals surface area contributed by atoms with Gasteiger partial charge in [-0.05, 0) is 48.9 Å². The molecule has 200 valence electrons. The number of nitrogens with zero attached hydrogens (tertiary/aromatic N) is 2. The summed E-state index contributed by atoms with van der Waals surface area (Å²) in [6, 6.07) is 33.8. The summed E-state index contributed by atoms with van der Waals surface area (Å²) in [5.41, 5.74) is 4.56. The van der Waals surface area contributed by atoms with Gasteiger partial charge in [0.2, 0.25) is 5.91 Å². The topological polar surface area (TPSA) is 85.1 Å². The van der Waals surface area contributed by atoms with Crippen molar-refractivity contribution in [2.75, 3.05) is 12.4 Å². The average molecular weight is 531 g/mol. The Morgan fingerprint density at radius 3 is 2.15 bits per heavy atom. The highest BCUT2D eigenvalue weighted by atomic mass is 16.2. The molecule has 0 radical (unpaired) electrons. The summed E-state index contributed by atoms with van der Waals surface area (Å²) >= 11 is 0. The van der Waals surface area contributed by atoms with Crippen LogP contribution in [0.15, 0.2) is 120 Å². The molecule has 5 aromatic rings. The molecule has 2 N–H and O–H groups in total. The number of nitrogens with one attached hydrogen (secondary N) is 2. The first-order valence-electron chi connectivity index (χ1n) is 13.1. The van der Waals surface area contributed by atoms with E-state index in [1.54, 1.807) is 53.8 Å².